The fourth-order valence-corrected chi connectivity index (χ4v) is 1.79. The minimum Gasteiger partial charge on any atom is -0.409 e. The Morgan fingerprint density at radius 3 is 2.84 bits per heavy atom. The Hall–Kier alpha value is -2.29. The lowest BCUT2D eigenvalue weighted by Gasteiger charge is -2.06. The molecule has 0 heterocycles. The van der Waals surface area contributed by atoms with Gasteiger partial charge in [-0.3, -0.25) is 5.32 Å². The van der Waals surface area contributed by atoms with Gasteiger partial charge in [0.2, 0.25) is 0 Å². The lowest BCUT2D eigenvalue weighted by Crippen LogP contribution is -2.21. The Kier molecular flexibility index (Phi) is 4.56. The van der Waals surface area contributed by atoms with Crippen molar-refractivity contribution in [2.75, 3.05) is 0 Å². The van der Waals surface area contributed by atoms with E-state index in [4.69, 9.17) is 4.74 Å². The minimum absolute atomic E-state index is 0.469. The van der Waals surface area contributed by atoms with Gasteiger partial charge in [-0.25, -0.2) is 4.79 Å². The molecule has 2 aromatic carbocycles. The first-order chi connectivity index (χ1) is 9.31. The summed E-state index contributed by atoms with van der Waals surface area (Å²) in [4.78, 5) is 11.6. The predicted molar refractivity (Wildman–Crippen MR) is 77.2 cm³/mol. The minimum atomic E-state index is -0.469. The molecule has 0 saturated carbocycles. The van der Waals surface area contributed by atoms with Crippen LogP contribution < -0.4 is 10.1 Å². The molecule has 1 amide bonds. The molecule has 98 valence electrons. The molecular weight excluding hydrogens is 238 g/mol. The number of carbonyl (C=O) groups excluding carboxylic acids is 1. The highest BCUT2D eigenvalue weighted by atomic mass is 16.6. The van der Waals surface area contributed by atoms with Crippen molar-refractivity contribution in [2.24, 2.45) is 0 Å². The molecule has 0 radical (unpaired) electrons. The molecule has 0 fully saturated rings. The van der Waals surface area contributed by atoms with Crippen LogP contribution in [0.2, 0.25) is 0 Å². The molecular formula is C16H17NO2. The molecule has 0 spiro atoms. The van der Waals surface area contributed by atoms with E-state index in [2.05, 4.69) is 12.2 Å². The van der Waals surface area contributed by atoms with Crippen molar-refractivity contribution in [1.82, 2.24) is 5.32 Å². The van der Waals surface area contributed by atoms with Crippen molar-refractivity contribution in [3.05, 3.63) is 54.7 Å². The van der Waals surface area contributed by atoms with Gasteiger partial charge in [-0.15, -0.1) is 0 Å². The molecule has 2 rings (SSSR count). The molecule has 3 heteroatoms. The summed E-state index contributed by atoms with van der Waals surface area (Å²) < 4.78 is 5.31. The number of carbonyl (C=O) groups is 1. The van der Waals surface area contributed by atoms with E-state index in [0.29, 0.717) is 5.75 Å². The van der Waals surface area contributed by atoms with Crippen molar-refractivity contribution in [1.29, 1.82) is 0 Å². The molecule has 1 N–H and O–H groups in total. The van der Waals surface area contributed by atoms with E-state index < -0.39 is 6.09 Å². The number of fused-ring (bicyclic) bond motifs is 1. The van der Waals surface area contributed by atoms with Gasteiger partial charge in [0.15, 0.2) is 0 Å². The van der Waals surface area contributed by atoms with E-state index >= 15 is 0 Å². The fourth-order valence-electron chi connectivity index (χ4n) is 1.79. The van der Waals surface area contributed by atoms with Gasteiger partial charge >= 0.3 is 6.09 Å². The van der Waals surface area contributed by atoms with Gasteiger partial charge in [0.1, 0.15) is 5.75 Å². The van der Waals surface area contributed by atoms with E-state index in [1.807, 2.05) is 42.5 Å². The summed E-state index contributed by atoms with van der Waals surface area (Å²) in [5.74, 6) is 0.569. The maximum atomic E-state index is 11.6. The van der Waals surface area contributed by atoms with Crippen LogP contribution >= 0.6 is 0 Å². The van der Waals surface area contributed by atoms with Crippen LogP contribution in [0.1, 0.15) is 19.8 Å². The first-order valence-corrected chi connectivity index (χ1v) is 6.42. The Morgan fingerprint density at radius 2 is 2.00 bits per heavy atom. The second-order valence-electron chi connectivity index (χ2n) is 4.20. The number of benzene rings is 2. The van der Waals surface area contributed by atoms with Gasteiger partial charge in [-0.1, -0.05) is 55.8 Å². The van der Waals surface area contributed by atoms with Crippen LogP contribution in [0.15, 0.2) is 54.7 Å². The van der Waals surface area contributed by atoms with Crippen molar-refractivity contribution in [2.45, 2.75) is 19.8 Å². The van der Waals surface area contributed by atoms with E-state index in [0.717, 1.165) is 23.6 Å². The van der Waals surface area contributed by atoms with Crippen molar-refractivity contribution < 1.29 is 9.53 Å². The summed E-state index contributed by atoms with van der Waals surface area (Å²) in [6, 6.07) is 13.5. The lowest BCUT2D eigenvalue weighted by molar-refractivity contribution is 0.205. The van der Waals surface area contributed by atoms with Gasteiger partial charge in [0.05, 0.1) is 0 Å². The second-order valence-corrected chi connectivity index (χ2v) is 4.20. The van der Waals surface area contributed by atoms with Gasteiger partial charge in [-0.05, 0) is 17.9 Å². The molecule has 0 aliphatic heterocycles. The second kappa shape index (κ2) is 6.59. The zero-order chi connectivity index (χ0) is 13.5. The molecule has 0 aliphatic carbocycles. The average molecular weight is 255 g/mol. The van der Waals surface area contributed by atoms with Crippen molar-refractivity contribution in [3.63, 3.8) is 0 Å². The van der Waals surface area contributed by atoms with Crippen molar-refractivity contribution in [3.8, 4) is 5.75 Å². The maximum absolute atomic E-state index is 11.6. The van der Waals surface area contributed by atoms with Crippen LogP contribution in [0, 0.1) is 0 Å². The van der Waals surface area contributed by atoms with Crippen LogP contribution in [0.25, 0.3) is 10.8 Å². The summed E-state index contributed by atoms with van der Waals surface area (Å²) in [5, 5.41) is 4.57. The fraction of sp³-hybridized carbons (Fsp3) is 0.188. The Balaban J connectivity index is 2.07. The number of rotatable bonds is 4. The number of nitrogens with one attached hydrogen (secondary N) is 1. The van der Waals surface area contributed by atoms with Crippen molar-refractivity contribution >= 4 is 16.9 Å². The SMILES string of the molecule is CCCC=CNC(=O)Oc1cccc2ccccc12. The molecule has 0 aromatic heterocycles. The number of unbranched alkanes of at least 4 members (excludes halogenated alkanes) is 1. The van der Waals surface area contributed by atoms with Gasteiger partial charge < -0.3 is 4.74 Å². The number of amides is 1. The highest BCUT2D eigenvalue weighted by Crippen LogP contribution is 2.25. The smallest absolute Gasteiger partial charge is 0.409 e. The topological polar surface area (TPSA) is 38.3 Å². The highest BCUT2D eigenvalue weighted by Gasteiger charge is 2.05. The summed E-state index contributed by atoms with van der Waals surface area (Å²) >= 11 is 0. The largest absolute Gasteiger partial charge is 0.416 e. The number of hydrogen-bond donors (Lipinski definition) is 1. The van der Waals surface area contributed by atoms with E-state index in [1.165, 1.54) is 0 Å². The molecule has 0 atom stereocenters. The molecule has 19 heavy (non-hydrogen) atoms. The average Bonchev–Trinajstić information content (AvgIpc) is 2.44. The van der Waals surface area contributed by atoms with Crippen LogP contribution in [-0.2, 0) is 0 Å². The quantitative estimate of drug-likeness (QED) is 0.887. The summed E-state index contributed by atoms with van der Waals surface area (Å²) in [5.41, 5.74) is 0. The van der Waals surface area contributed by atoms with Crippen LogP contribution in [0.5, 0.6) is 5.75 Å². The Bertz CT molecular complexity index is 585. The van der Waals surface area contributed by atoms with E-state index in [-0.39, 0.29) is 0 Å². The first kappa shape index (κ1) is 13.1. The monoisotopic (exact) mass is 255 g/mol. The number of hydrogen-bond acceptors (Lipinski definition) is 2. The molecule has 0 bridgehead atoms. The van der Waals surface area contributed by atoms with Crippen LogP contribution in [-0.4, -0.2) is 6.09 Å². The van der Waals surface area contributed by atoms with E-state index in [9.17, 15) is 4.79 Å². The maximum Gasteiger partial charge on any atom is 0.416 e. The van der Waals surface area contributed by atoms with Gasteiger partial charge in [-0.2, -0.15) is 0 Å². The summed E-state index contributed by atoms with van der Waals surface area (Å²) in [7, 11) is 0. The van der Waals surface area contributed by atoms with Gasteiger partial charge in [0, 0.05) is 11.6 Å². The zero-order valence-electron chi connectivity index (χ0n) is 10.9. The molecule has 3 nitrogen and oxygen atoms in total. The van der Waals surface area contributed by atoms with Crippen LogP contribution in [0.3, 0.4) is 0 Å². The summed E-state index contributed by atoms with van der Waals surface area (Å²) in [6.07, 6.45) is 5.05. The molecule has 0 unspecified atom stereocenters. The third-order valence-corrected chi connectivity index (χ3v) is 2.73. The third-order valence-electron chi connectivity index (χ3n) is 2.73. The lowest BCUT2D eigenvalue weighted by atomic mass is 10.1. The summed E-state index contributed by atoms with van der Waals surface area (Å²) in [6.45, 7) is 2.08. The normalized spacial score (nSPS) is 10.8. The highest BCUT2D eigenvalue weighted by molar-refractivity contribution is 5.90. The van der Waals surface area contributed by atoms with Crippen LogP contribution in [0.4, 0.5) is 4.79 Å². The Morgan fingerprint density at radius 1 is 1.21 bits per heavy atom. The number of ether oxygens (including phenoxy) is 1. The first-order valence-electron chi connectivity index (χ1n) is 6.42. The molecule has 0 saturated heterocycles. The standard InChI is InChI=1S/C16H17NO2/c1-2-3-6-12-17-16(18)19-15-11-7-9-13-8-4-5-10-14(13)15/h4-12H,2-3H2,1H3,(H,17,18). The third kappa shape index (κ3) is 3.58. The Labute approximate surface area is 112 Å². The number of allylic oxidation sites excluding steroid dienone is 1. The zero-order valence-corrected chi connectivity index (χ0v) is 10.9. The molecule has 2 aromatic rings. The van der Waals surface area contributed by atoms with Gasteiger partial charge in [0.25, 0.3) is 0 Å². The van der Waals surface area contributed by atoms with E-state index in [1.54, 1.807) is 12.3 Å². The predicted octanol–water partition coefficient (Wildman–Crippen LogP) is 4.24. The molecule has 0 aliphatic rings.